The van der Waals surface area contributed by atoms with Gasteiger partial charge in [0.2, 0.25) is 5.91 Å². The number of allylic oxidation sites excluding steroid dienone is 12. The lowest BCUT2D eigenvalue weighted by molar-refractivity contribution is -0.151. The van der Waals surface area contributed by atoms with E-state index in [1.165, 1.54) is 83.5 Å². The Balaban J connectivity index is 4.60. The second kappa shape index (κ2) is 42.4. The first-order chi connectivity index (χ1) is 27.0. The van der Waals surface area contributed by atoms with Crippen molar-refractivity contribution < 1.29 is 24.5 Å². The van der Waals surface area contributed by atoms with E-state index in [9.17, 15) is 19.8 Å². The SMILES string of the molecule is CC\C=C/C=C/C=C/C=C\C=C\C=C\CCCCCC(=O)OC(CCCCCCCCCC)CC(=O)NC(CO)C(O)CCCCCCCCCCCCC. The van der Waals surface area contributed by atoms with Gasteiger partial charge in [-0.25, -0.2) is 0 Å². The predicted molar refractivity (Wildman–Crippen MR) is 236 cm³/mol. The summed E-state index contributed by atoms with van der Waals surface area (Å²) in [5, 5.41) is 23.6. The number of rotatable bonds is 39. The summed E-state index contributed by atoms with van der Waals surface area (Å²) in [7, 11) is 0. The van der Waals surface area contributed by atoms with Crippen LogP contribution in [-0.4, -0.2) is 46.9 Å². The lowest BCUT2D eigenvalue weighted by Gasteiger charge is -2.24. The Bertz CT molecular complexity index is 1040. The van der Waals surface area contributed by atoms with Crippen LogP contribution in [0.5, 0.6) is 0 Å². The fourth-order valence-corrected chi connectivity index (χ4v) is 6.52. The van der Waals surface area contributed by atoms with Gasteiger partial charge in [0.15, 0.2) is 0 Å². The highest BCUT2D eigenvalue weighted by Crippen LogP contribution is 2.17. The van der Waals surface area contributed by atoms with Crippen molar-refractivity contribution in [3.8, 4) is 0 Å². The van der Waals surface area contributed by atoms with E-state index in [1.807, 2.05) is 54.7 Å². The van der Waals surface area contributed by atoms with Gasteiger partial charge in [0.25, 0.3) is 0 Å². The minimum absolute atomic E-state index is 0.0569. The average molecular weight is 768 g/mol. The highest BCUT2D eigenvalue weighted by molar-refractivity contribution is 5.77. The average Bonchev–Trinajstić information content (AvgIpc) is 3.18. The van der Waals surface area contributed by atoms with Gasteiger partial charge in [-0.05, 0) is 44.9 Å². The first-order valence-corrected chi connectivity index (χ1v) is 22.7. The zero-order valence-electron chi connectivity index (χ0n) is 35.8. The molecule has 0 radical (unpaired) electrons. The lowest BCUT2D eigenvalue weighted by Crippen LogP contribution is -2.46. The molecule has 0 aliphatic heterocycles. The smallest absolute Gasteiger partial charge is 0.306 e. The fourth-order valence-electron chi connectivity index (χ4n) is 6.52. The normalized spacial score (nSPS) is 14.1. The molecule has 0 aliphatic rings. The number of aliphatic hydroxyl groups is 2. The van der Waals surface area contributed by atoms with Gasteiger partial charge in [0.05, 0.1) is 25.2 Å². The number of unbranched alkanes of at least 4 members (excludes halogenated alkanes) is 20. The zero-order chi connectivity index (χ0) is 40.3. The van der Waals surface area contributed by atoms with Crippen LogP contribution >= 0.6 is 0 Å². The minimum atomic E-state index is -0.794. The summed E-state index contributed by atoms with van der Waals surface area (Å²) in [4.78, 5) is 25.9. The van der Waals surface area contributed by atoms with Gasteiger partial charge < -0.3 is 20.3 Å². The molecule has 1 amide bonds. The summed E-state index contributed by atoms with van der Waals surface area (Å²) < 4.78 is 5.86. The van der Waals surface area contributed by atoms with Crippen molar-refractivity contribution in [3.05, 3.63) is 72.9 Å². The number of hydrogen-bond donors (Lipinski definition) is 3. The molecule has 3 atom stereocenters. The van der Waals surface area contributed by atoms with Crippen molar-refractivity contribution in [2.75, 3.05) is 6.61 Å². The molecule has 3 unspecified atom stereocenters. The Hall–Kier alpha value is -2.70. The number of aliphatic hydroxyl groups excluding tert-OH is 2. The van der Waals surface area contributed by atoms with Gasteiger partial charge in [-0.15, -0.1) is 0 Å². The molecular formula is C49H85NO5. The maximum Gasteiger partial charge on any atom is 0.306 e. The number of amides is 1. The summed E-state index contributed by atoms with van der Waals surface area (Å²) in [6.07, 6.45) is 52.4. The monoisotopic (exact) mass is 768 g/mol. The molecule has 0 saturated heterocycles. The summed E-state index contributed by atoms with van der Waals surface area (Å²) in [5.74, 6) is -0.533. The van der Waals surface area contributed by atoms with Crippen molar-refractivity contribution in [2.45, 2.75) is 219 Å². The molecule has 6 heteroatoms. The molecule has 316 valence electrons. The number of nitrogens with one attached hydrogen (secondary N) is 1. The molecule has 0 fully saturated rings. The van der Waals surface area contributed by atoms with Crippen LogP contribution in [0.4, 0.5) is 0 Å². The Morgan fingerprint density at radius 1 is 0.545 bits per heavy atom. The van der Waals surface area contributed by atoms with Crippen LogP contribution in [0.15, 0.2) is 72.9 Å². The van der Waals surface area contributed by atoms with Crippen LogP contribution < -0.4 is 5.32 Å². The van der Waals surface area contributed by atoms with Crippen LogP contribution in [0, 0.1) is 0 Å². The first-order valence-electron chi connectivity index (χ1n) is 22.7. The van der Waals surface area contributed by atoms with E-state index in [4.69, 9.17) is 4.74 Å². The van der Waals surface area contributed by atoms with E-state index in [1.54, 1.807) is 0 Å². The molecule has 0 aromatic carbocycles. The molecule has 55 heavy (non-hydrogen) atoms. The third kappa shape index (κ3) is 38.0. The second-order valence-corrected chi connectivity index (χ2v) is 15.2. The largest absolute Gasteiger partial charge is 0.462 e. The van der Waals surface area contributed by atoms with Crippen LogP contribution in [-0.2, 0) is 14.3 Å². The standard InChI is InChI=1S/C49H85NO5/c1-4-7-10-13-16-19-21-22-23-24-25-26-28-30-33-36-39-42-49(54)55-45(40-37-34-31-18-15-12-9-6-3)43-48(53)50-46(44-51)47(52)41-38-35-32-29-27-20-17-14-11-8-5-2/h7,10,13,16,19,21-26,28,45-47,51-52H,4-6,8-9,11-12,14-15,17-18,20,27,29-44H2,1-3H3,(H,50,53)/b10-7-,16-13+,21-19+,23-22-,25-24+,28-26+. The Morgan fingerprint density at radius 3 is 1.47 bits per heavy atom. The van der Waals surface area contributed by atoms with Gasteiger partial charge in [-0.1, -0.05) is 216 Å². The quantitative estimate of drug-likeness (QED) is 0.0329. The molecule has 0 aromatic heterocycles. The summed E-state index contributed by atoms with van der Waals surface area (Å²) >= 11 is 0. The van der Waals surface area contributed by atoms with E-state index in [0.29, 0.717) is 19.3 Å². The number of esters is 1. The van der Waals surface area contributed by atoms with Gasteiger partial charge in [-0.3, -0.25) is 9.59 Å². The van der Waals surface area contributed by atoms with Crippen molar-refractivity contribution in [2.24, 2.45) is 0 Å². The van der Waals surface area contributed by atoms with E-state index >= 15 is 0 Å². The second-order valence-electron chi connectivity index (χ2n) is 15.2. The molecule has 0 rings (SSSR count). The number of ether oxygens (including phenoxy) is 1. The molecule has 0 heterocycles. The van der Waals surface area contributed by atoms with Crippen LogP contribution in [0.1, 0.15) is 201 Å². The number of hydrogen-bond acceptors (Lipinski definition) is 5. The van der Waals surface area contributed by atoms with Gasteiger partial charge in [0, 0.05) is 6.42 Å². The zero-order valence-corrected chi connectivity index (χ0v) is 35.8. The molecule has 0 aromatic rings. The van der Waals surface area contributed by atoms with Gasteiger partial charge in [-0.2, -0.15) is 0 Å². The Labute approximate surface area is 339 Å². The molecule has 0 bridgehead atoms. The third-order valence-corrected chi connectivity index (χ3v) is 9.96. The lowest BCUT2D eigenvalue weighted by atomic mass is 10.0. The molecule has 0 aliphatic carbocycles. The van der Waals surface area contributed by atoms with Crippen molar-refractivity contribution >= 4 is 11.9 Å². The topological polar surface area (TPSA) is 95.9 Å². The minimum Gasteiger partial charge on any atom is -0.462 e. The number of carbonyl (C=O) groups excluding carboxylic acids is 2. The molecule has 0 spiro atoms. The summed E-state index contributed by atoms with van der Waals surface area (Å²) in [5.41, 5.74) is 0. The third-order valence-electron chi connectivity index (χ3n) is 9.96. The van der Waals surface area contributed by atoms with Crippen LogP contribution in [0.25, 0.3) is 0 Å². The van der Waals surface area contributed by atoms with Gasteiger partial charge >= 0.3 is 5.97 Å². The van der Waals surface area contributed by atoms with Crippen molar-refractivity contribution in [1.82, 2.24) is 5.32 Å². The van der Waals surface area contributed by atoms with Crippen LogP contribution in [0.3, 0.4) is 0 Å². The molecular weight excluding hydrogens is 683 g/mol. The highest BCUT2D eigenvalue weighted by Gasteiger charge is 2.24. The van der Waals surface area contributed by atoms with E-state index in [0.717, 1.165) is 70.6 Å². The predicted octanol–water partition coefficient (Wildman–Crippen LogP) is 13.1. The molecule has 3 N–H and O–H groups in total. The molecule has 0 saturated carbocycles. The Kier molecular flexibility index (Phi) is 40.4. The number of carbonyl (C=O) groups is 2. The maximum atomic E-state index is 13.1. The fraction of sp³-hybridized carbons (Fsp3) is 0.714. The maximum absolute atomic E-state index is 13.1. The van der Waals surface area contributed by atoms with E-state index in [-0.39, 0.29) is 24.9 Å². The van der Waals surface area contributed by atoms with E-state index in [2.05, 4.69) is 44.3 Å². The first kappa shape index (κ1) is 52.3. The van der Waals surface area contributed by atoms with Crippen molar-refractivity contribution in [1.29, 1.82) is 0 Å². The van der Waals surface area contributed by atoms with E-state index < -0.39 is 18.2 Å². The van der Waals surface area contributed by atoms with Crippen molar-refractivity contribution in [3.63, 3.8) is 0 Å². The summed E-state index contributed by atoms with van der Waals surface area (Å²) in [6.45, 7) is 6.28. The van der Waals surface area contributed by atoms with Gasteiger partial charge in [0.1, 0.15) is 6.10 Å². The summed E-state index contributed by atoms with van der Waals surface area (Å²) in [6, 6.07) is -0.709. The molecule has 6 nitrogen and oxygen atoms in total. The Morgan fingerprint density at radius 2 is 0.982 bits per heavy atom. The van der Waals surface area contributed by atoms with Crippen LogP contribution in [0.2, 0.25) is 0 Å². The highest BCUT2D eigenvalue weighted by atomic mass is 16.5.